The molecule has 9 nitrogen and oxygen atoms in total. The van der Waals surface area contributed by atoms with Crippen molar-refractivity contribution in [1.29, 1.82) is 0 Å². The summed E-state index contributed by atoms with van der Waals surface area (Å²) in [5.41, 5.74) is -0.358. The number of nitrogens with one attached hydrogen (secondary N) is 1. The molecule has 0 aromatic heterocycles. The van der Waals surface area contributed by atoms with E-state index in [1.807, 2.05) is 0 Å². The molecule has 4 aromatic carbocycles. The summed E-state index contributed by atoms with van der Waals surface area (Å²) >= 11 is 12.2. The predicted molar refractivity (Wildman–Crippen MR) is 144 cm³/mol. The number of anilines is 1. The quantitative estimate of drug-likeness (QED) is 0.189. The number of amides is 1. The Morgan fingerprint density at radius 1 is 1.05 bits per heavy atom. The van der Waals surface area contributed by atoms with Gasteiger partial charge in [0, 0.05) is 16.0 Å². The van der Waals surface area contributed by atoms with Gasteiger partial charge in [0.2, 0.25) is 0 Å². The van der Waals surface area contributed by atoms with Crippen molar-refractivity contribution >= 4 is 67.1 Å². The van der Waals surface area contributed by atoms with E-state index in [9.17, 15) is 22.9 Å². The summed E-state index contributed by atoms with van der Waals surface area (Å²) in [5, 5.41) is 25.2. The fourth-order valence-corrected chi connectivity index (χ4v) is 5.11. The molecule has 0 saturated heterocycles. The number of aryl methyl sites for hydroxylation is 1. The molecule has 0 unspecified atom stereocenters. The summed E-state index contributed by atoms with van der Waals surface area (Å²) < 4.78 is 39.2. The van der Waals surface area contributed by atoms with Crippen molar-refractivity contribution in [3.63, 3.8) is 0 Å². The third-order valence-corrected chi connectivity index (χ3v) is 7.07. The molecule has 0 radical (unpaired) electrons. The van der Waals surface area contributed by atoms with E-state index < -0.39 is 26.7 Å². The van der Waals surface area contributed by atoms with Gasteiger partial charge in [-0.05, 0) is 55.1 Å². The molecule has 0 aliphatic carbocycles. The molecular formula is C26H20Cl2N3NaO6S. The monoisotopic (exact) mass is 595 g/mol. The SMILES string of the molecule is CCOc1ccc(Cl)cc1NC(=O)c1cc2ccccc2c(N=Nc2c(Cl)ccc(C)c2S(=O)(=O)O)c1[O-].[Na+]. The van der Waals surface area contributed by atoms with Crippen molar-refractivity contribution in [3.05, 3.63) is 81.8 Å². The Labute approximate surface area is 256 Å². The Hall–Kier alpha value is -2.70. The molecule has 1 amide bonds. The van der Waals surface area contributed by atoms with Gasteiger partial charge in [-0.2, -0.15) is 13.5 Å². The molecule has 0 saturated carbocycles. The van der Waals surface area contributed by atoms with Gasteiger partial charge in [-0.15, -0.1) is 5.11 Å². The van der Waals surface area contributed by atoms with E-state index in [0.29, 0.717) is 28.2 Å². The summed E-state index contributed by atoms with van der Waals surface area (Å²) in [6, 6.07) is 15.6. The van der Waals surface area contributed by atoms with E-state index in [1.165, 1.54) is 31.2 Å². The van der Waals surface area contributed by atoms with Crippen molar-refractivity contribution in [1.82, 2.24) is 0 Å². The second kappa shape index (κ2) is 12.6. The molecule has 39 heavy (non-hydrogen) atoms. The molecule has 13 heteroatoms. The van der Waals surface area contributed by atoms with Crippen LogP contribution < -0.4 is 44.7 Å². The van der Waals surface area contributed by atoms with Crippen LogP contribution in [0.25, 0.3) is 10.8 Å². The summed E-state index contributed by atoms with van der Waals surface area (Å²) in [6.07, 6.45) is 0. The van der Waals surface area contributed by atoms with Crippen LogP contribution >= 0.6 is 23.2 Å². The maximum Gasteiger partial charge on any atom is 1.00 e. The Kier molecular flexibility index (Phi) is 10.0. The molecule has 0 fully saturated rings. The first kappa shape index (κ1) is 30.8. The Balaban J connectivity index is 0.00000420. The summed E-state index contributed by atoms with van der Waals surface area (Å²) in [7, 11) is -4.72. The van der Waals surface area contributed by atoms with Crippen LogP contribution in [0, 0.1) is 6.92 Å². The molecule has 0 atom stereocenters. The van der Waals surface area contributed by atoms with E-state index in [0.717, 1.165) is 0 Å². The van der Waals surface area contributed by atoms with Crippen molar-refractivity contribution in [3.8, 4) is 11.5 Å². The minimum atomic E-state index is -4.72. The first-order valence-electron chi connectivity index (χ1n) is 11.2. The van der Waals surface area contributed by atoms with Crippen molar-refractivity contribution < 1.29 is 57.2 Å². The van der Waals surface area contributed by atoms with E-state index in [-0.39, 0.29) is 62.8 Å². The van der Waals surface area contributed by atoms with E-state index >= 15 is 0 Å². The molecule has 0 aliphatic heterocycles. The van der Waals surface area contributed by atoms with Gasteiger partial charge < -0.3 is 15.2 Å². The van der Waals surface area contributed by atoms with Gasteiger partial charge in [0.05, 0.1) is 23.0 Å². The standard InChI is InChI=1S/C26H21Cl2N3O6S.Na/c1-3-37-21-11-9-16(27)13-20(21)29-26(33)18-12-15-6-4-5-7-17(15)22(24(18)32)30-31-23-19(28)10-8-14(2)25(23)38(34,35)36;/h4-13,32H,3H2,1-2H3,(H,29,33)(H,34,35,36);/q;+1/p-1. The van der Waals surface area contributed by atoms with Crippen LogP contribution in [0.5, 0.6) is 11.5 Å². The van der Waals surface area contributed by atoms with Crippen LogP contribution in [-0.2, 0) is 10.1 Å². The number of halogens is 2. The van der Waals surface area contributed by atoms with Gasteiger partial charge in [0.15, 0.2) is 0 Å². The number of fused-ring (bicyclic) bond motifs is 1. The Morgan fingerprint density at radius 3 is 2.44 bits per heavy atom. The zero-order valence-electron chi connectivity index (χ0n) is 21.0. The number of rotatable bonds is 7. The zero-order chi connectivity index (χ0) is 27.6. The van der Waals surface area contributed by atoms with Crippen LogP contribution in [0.1, 0.15) is 22.8 Å². The molecule has 0 heterocycles. The van der Waals surface area contributed by atoms with Gasteiger partial charge in [0.25, 0.3) is 16.0 Å². The molecule has 0 spiro atoms. The van der Waals surface area contributed by atoms with Crippen molar-refractivity contribution in [2.24, 2.45) is 10.2 Å². The molecule has 4 rings (SSSR count). The van der Waals surface area contributed by atoms with Crippen LogP contribution in [0.2, 0.25) is 10.0 Å². The minimum absolute atomic E-state index is 0. The van der Waals surface area contributed by atoms with Crippen LogP contribution in [0.3, 0.4) is 0 Å². The molecule has 0 bridgehead atoms. The largest absolute Gasteiger partial charge is 1.00 e. The van der Waals surface area contributed by atoms with Crippen molar-refractivity contribution in [2.75, 3.05) is 11.9 Å². The van der Waals surface area contributed by atoms with Gasteiger partial charge in [-0.1, -0.05) is 59.3 Å². The maximum atomic E-state index is 13.5. The second-order valence-electron chi connectivity index (χ2n) is 8.07. The van der Waals surface area contributed by atoms with E-state index in [2.05, 4.69) is 15.5 Å². The average molecular weight is 596 g/mol. The fraction of sp³-hybridized carbons (Fsp3) is 0.115. The number of hydrogen-bond donors (Lipinski definition) is 2. The number of nitrogens with zero attached hydrogens (tertiary/aromatic N) is 2. The number of carbonyl (C=O) groups excluding carboxylic acids is 1. The summed E-state index contributed by atoms with van der Waals surface area (Å²) in [5.74, 6) is -1.14. The smallest absolute Gasteiger partial charge is 0.870 e. The van der Waals surface area contributed by atoms with Gasteiger partial charge in [-0.3, -0.25) is 9.35 Å². The molecular weight excluding hydrogens is 576 g/mol. The third kappa shape index (κ3) is 6.72. The first-order valence-corrected chi connectivity index (χ1v) is 13.4. The number of benzene rings is 4. The van der Waals surface area contributed by atoms with Gasteiger partial charge >= 0.3 is 29.6 Å². The minimum Gasteiger partial charge on any atom is -0.870 e. The number of carbonyl (C=O) groups is 1. The van der Waals surface area contributed by atoms with Gasteiger partial charge in [0.1, 0.15) is 16.3 Å². The Morgan fingerprint density at radius 2 is 1.74 bits per heavy atom. The van der Waals surface area contributed by atoms with Gasteiger partial charge in [-0.25, -0.2) is 0 Å². The van der Waals surface area contributed by atoms with Crippen LogP contribution in [-0.4, -0.2) is 25.5 Å². The van der Waals surface area contributed by atoms with E-state index in [4.69, 9.17) is 27.9 Å². The molecule has 4 aromatic rings. The average Bonchev–Trinajstić information content (AvgIpc) is 2.86. The predicted octanol–water partition coefficient (Wildman–Crippen LogP) is 3.85. The normalized spacial score (nSPS) is 11.4. The summed E-state index contributed by atoms with van der Waals surface area (Å²) in [6.45, 7) is 3.57. The van der Waals surface area contributed by atoms with Crippen LogP contribution in [0.4, 0.5) is 17.1 Å². The number of azo groups is 1. The molecule has 2 N–H and O–H groups in total. The topological polar surface area (TPSA) is 140 Å². The summed E-state index contributed by atoms with van der Waals surface area (Å²) in [4.78, 5) is 12.7. The Bertz CT molecular complexity index is 1710. The third-order valence-electron chi connectivity index (χ3n) is 5.50. The van der Waals surface area contributed by atoms with Crippen LogP contribution in [0.15, 0.2) is 75.8 Å². The van der Waals surface area contributed by atoms with E-state index in [1.54, 1.807) is 43.3 Å². The zero-order valence-corrected chi connectivity index (χ0v) is 25.4. The maximum absolute atomic E-state index is 13.5. The fourth-order valence-electron chi connectivity index (χ4n) is 3.82. The number of hydrogen-bond acceptors (Lipinski definition) is 7. The molecule has 0 aliphatic rings. The first-order chi connectivity index (χ1) is 18.0. The second-order valence-corrected chi connectivity index (χ2v) is 10.3. The van der Waals surface area contributed by atoms with Crippen molar-refractivity contribution in [2.45, 2.75) is 18.7 Å². The molecule has 196 valence electrons. The number of ether oxygens (including phenoxy) is 1.